The third-order valence-corrected chi connectivity index (χ3v) is 2.79. The van der Waals surface area contributed by atoms with Crippen LogP contribution in [0.3, 0.4) is 0 Å². The molecule has 18 heavy (non-hydrogen) atoms. The second-order valence-corrected chi connectivity index (χ2v) is 4.21. The van der Waals surface area contributed by atoms with Crippen molar-refractivity contribution in [3.05, 3.63) is 34.9 Å². The van der Waals surface area contributed by atoms with E-state index in [0.717, 1.165) is 5.56 Å². The van der Waals surface area contributed by atoms with Crippen LogP contribution in [0.25, 0.3) is 0 Å². The summed E-state index contributed by atoms with van der Waals surface area (Å²) in [4.78, 5) is 13.1. The lowest BCUT2D eigenvalue weighted by Gasteiger charge is -2.15. The van der Waals surface area contributed by atoms with Crippen molar-refractivity contribution in [1.29, 1.82) is 5.26 Å². The molecule has 4 nitrogen and oxygen atoms in total. The van der Waals surface area contributed by atoms with Gasteiger partial charge in [0.1, 0.15) is 6.61 Å². The molecule has 0 saturated carbocycles. The number of halogens is 1. The largest absolute Gasteiger partial charge is 0.367 e. The molecule has 1 aromatic rings. The van der Waals surface area contributed by atoms with Gasteiger partial charge < -0.3 is 9.64 Å². The molecule has 0 spiro atoms. The first-order chi connectivity index (χ1) is 8.65. The SMILES string of the molecule is CN(CCC#N)C(=O)COCc1ccccc1Cl. The number of amides is 1. The molecule has 0 aromatic heterocycles. The predicted octanol–water partition coefficient (Wildman–Crippen LogP) is 2.23. The first-order valence-corrected chi connectivity index (χ1v) is 5.95. The summed E-state index contributed by atoms with van der Waals surface area (Å²) in [5.41, 5.74) is 0.853. The quantitative estimate of drug-likeness (QED) is 0.793. The van der Waals surface area contributed by atoms with Crippen LogP contribution in [0.1, 0.15) is 12.0 Å². The van der Waals surface area contributed by atoms with Crippen LogP contribution in [0.5, 0.6) is 0 Å². The van der Waals surface area contributed by atoms with E-state index in [0.29, 0.717) is 24.6 Å². The van der Waals surface area contributed by atoms with Crippen LogP contribution in [0.4, 0.5) is 0 Å². The van der Waals surface area contributed by atoms with E-state index < -0.39 is 0 Å². The fraction of sp³-hybridized carbons (Fsp3) is 0.385. The molecule has 0 atom stereocenters. The molecule has 0 aliphatic rings. The van der Waals surface area contributed by atoms with Crippen molar-refractivity contribution >= 4 is 17.5 Å². The Kier molecular flexibility index (Phi) is 6.20. The number of ether oxygens (including phenoxy) is 1. The van der Waals surface area contributed by atoms with Gasteiger partial charge in [-0.15, -0.1) is 0 Å². The lowest BCUT2D eigenvalue weighted by atomic mass is 10.2. The summed E-state index contributed by atoms with van der Waals surface area (Å²) in [6.45, 7) is 0.718. The minimum atomic E-state index is -0.141. The number of likely N-dealkylation sites (N-methyl/N-ethyl adjacent to an activating group) is 1. The van der Waals surface area contributed by atoms with Crippen molar-refractivity contribution in [2.24, 2.45) is 0 Å². The molecule has 0 radical (unpaired) electrons. The highest BCUT2D eigenvalue weighted by molar-refractivity contribution is 6.31. The molecule has 0 fully saturated rings. The van der Waals surface area contributed by atoms with Crippen LogP contribution in [0.15, 0.2) is 24.3 Å². The van der Waals surface area contributed by atoms with Gasteiger partial charge in [0.05, 0.1) is 19.1 Å². The zero-order valence-electron chi connectivity index (χ0n) is 10.2. The Morgan fingerprint density at radius 2 is 2.22 bits per heavy atom. The van der Waals surface area contributed by atoms with E-state index in [-0.39, 0.29) is 12.5 Å². The summed E-state index contributed by atoms with van der Waals surface area (Å²) in [7, 11) is 1.65. The van der Waals surface area contributed by atoms with Crippen molar-refractivity contribution in [3.63, 3.8) is 0 Å². The highest BCUT2D eigenvalue weighted by Gasteiger charge is 2.08. The predicted molar refractivity (Wildman–Crippen MR) is 69.0 cm³/mol. The Hall–Kier alpha value is -1.57. The van der Waals surface area contributed by atoms with Gasteiger partial charge in [-0.3, -0.25) is 4.79 Å². The maximum Gasteiger partial charge on any atom is 0.248 e. The Morgan fingerprint density at radius 1 is 1.50 bits per heavy atom. The number of hydrogen-bond donors (Lipinski definition) is 0. The smallest absolute Gasteiger partial charge is 0.248 e. The maximum atomic E-state index is 11.6. The molecule has 0 heterocycles. The molecule has 0 N–H and O–H groups in total. The fourth-order valence-electron chi connectivity index (χ4n) is 1.32. The van der Waals surface area contributed by atoms with E-state index in [1.807, 2.05) is 24.3 Å². The zero-order valence-corrected chi connectivity index (χ0v) is 11.0. The van der Waals surface area contributed by atoms with Gasteiger partial charge in [-0.1, -0.05) is 29.8 Å². The average molecular weight is 267 g/mol. The molecule has 5 heteroatoms. The highest BCUT2D eigenvalue weighted by atomic mass is 35.5. The lowest BCUT2D eigenvalue weighted by molar-refractivity contribution is -0.135. The first-order valence-electron chi connectivity index (χ1n) is 5.57. The molecular formula is C13H15ClN2O2. The summed E-state index contributed by atoms with van der Waals surface area (Å²) in [5, 5.41) is 9.05. The fourth-order valence-corrected chi connectivity index (χ4v) is 1.51. The van der Waals surface area contributed by atoms with Crippen molar-refractivity contribution in [2.45, 2.75) is 13.0 Å². The second kappa shape index (κ2) is 7.70. The third kappa shape index (κ3) is 4.74. The summed E-state index contributed by atoms with van der Waals surface area (Å²) < 4.78 is 5.30. The van der Waals surface area contributed by atoms with Crippen molar-refractivity contribution in [2.75, 3.05) is 20.2 Å². The number of nitrogens with zero attached hydrogens (tertiary/aromatic N) is 2. The summed E-state index contributed by atoms with van der Waals surface area (Å²) in [5.74, 6) is -0.141. The lowest BCUT2D eigenvalue weighted by Crippen LogP contribution is -2.31. The van der Waals surface area contributed by atoms with Gasteiger partial charge in [0, 0.05) is 18.6 Å². The molecule has 0 aliphatic heterocycles. The number of carbonyl (C=O) groups is 1. The van der Waals surface area contributed by atoms with E-state index in [2.05, 4.69) is 0 Å². The van der Waals surface area contributed by atoms with E-state index in [1.54, 1.807) is 13.1 Å². The van der Waals surface area contributed by atoms with Gasteiger partial charge in [0.15, 0.2) is 0 Å². The first kappa shape index (κ1) is 14.5. The minimum absolute atomic E-state index is 0.00679. The second-order valence-electron chi connectivity index (χ2n) is 3.81. The summed E-state index contributed by atoms with van der Waals surface area (Å²) >= 11 is 5.96. The molecule has 1 aromatic carbocycles. The molecule has 0 bridgehead atoms. The van der Waals surface area contributed by atoms with Crippen LogP contribution in [-0.2, 0) is 16.1 Å². The number of rotatable bonds is 6. The van der Waals surface area contributed by atoms with Crippen molar-refractivity contribution in [3.8, 4) is 6.07 Å². The number of hydrogen-bond acceptors (Lipinski definition) is 3. The zero-order chi connectivity index (χ0) is 13.4. The monoisotopic (exact) mass is 266 g/mol. The Bertz CT molecular complexity index is 443. The third-order valence-electron chi connectivity index (χ3n) is 2.43. The van der Waals surface area contributed by atoms with Gasteiger partial charge in [-0.25, -0.2) is 0 Å². The normalized spacial score (nSPS) is 9.83. The van der Waals surface area contributed by atoms with E-state index >= 15 is 0 Å². The average Bonchev–Trinajstić information content (AvgIpc) is 2.38. The van der Waals surface area contributed by atoms with Crippen molar-refractivity contribution in [1.82, 2.24) is 4.90 Å². The van der Waals surface area contributed by atoms with Crippen LogP contribution < -0.4 is 0 Å². The van der Waals surface area contributed by atoms with E-state index in [4.69, 9.17) is 21.6 Å². The highest BCUT2D eigenvalue weighted by Crippen LogP contribution is 2.15. The molecule has 0 aliphatic carbocycles. The van der Waals surface area contributed by atoms with Crippen molar-refractivity contribution < 1.29 is 9.53 Å². The molecule has 0 saturated heterocycles. The summed E-state index contributed by atoms with van der Waals surface area (Å²) in [6, 6.07) is 9.33. The number of carbonyl (C=O) groups excluding carboxylic acids is 1. The molecule has 96 valence electrons. The van der Waals surface area contributed by atoms with Crippen LogP contribution in [0, 0.1) is 11.3 Å². The van der Waals surface area contributed by atoms with Crippen LogP contribution >= 0.6 is 11.6 Å². The Morgan fingerprint density at radius 3 is 2.89 bits per heavy atom. The number of benzene rings is 1. The maximum absolute atomic E-state index is 11.6. The standard InChI is InChI=1S/C13H15ClN2O2/c1-16(8-4-7-15)13(17)10-18-9-11-5-2-3-6-12(11)14/h2-3,5-6H,4,8-10H2,1H3. The van der Waals surface area contributed by atoms with Gasteiger partial charge in [-0.2, -0.15) is 5.26 Å². The topological polar surface area (TPSA) is 53.3 Å². The Labute approximate surface area is 112 Å². The van der Waals surface area contributed by atoms with Gasteiger partial charge in [0.2, 0.25) is 5.91 Å². The molecular weight excluding hydrogens is 252 g/mol. The molecule has 1 rings (SSSR count). The van der Waals surface area contributed by atoms with Gasteiger partial charge in [0.25, 0.3) is 0 Å². The van der Waals surface area contributed by atoms with E-state index in [9.17, 15) is 4.79 Å². The van der Waals surface area contributed by atoms with Crippen LogP contribution in [-0.4, -0.2) is 31.0 Å². The van der Waals surface area contributed by atoms with Gasteiger partial charge in [-0.05, 0) is 11.6 Å². The number of nitriles is 1. The van der Waals surface area contributed by atoms with Gasteiger partial charge >= 0.3 is 0 Å². The minimum Gasteiger partial charge on any atom is -0.367 e. The van der Waals surface area contributed by atoms with Crippen LogP contribution in [0.2, 0.25) is 5.02 Å². The Balaban J connectivity index is 2.32. The van der Waals surface area contributed by atoms with E-state index in [1.165, 1.54) is 4.90 Å². The molecule has 1 amide bonds. The summed E-state index contributed by atoms with van der Waals surface area (Å²) in [6.07, 6.45) is 0.326. The molecule has 0 unspecified atom stereocenters.